The summed E-state index contributed by atoms with van der Waals surface area (Å²) in [5, 5.41) is 8.38. The summed E-state index contributed by atoms with van der Waals surface area (Å²) in [6, 6.07) is 7.70. The molecule has 0 bridgehead atoms. The molecule has 0 radical (unpaired) electrons. The van der Waals surface area contributed by atoms with E-state index in [1.54, 1.807) is 12.3 Å². The van der Waals surface area contributed by atoms with Crippen LogP contribution in [-0.2, 0) is 11.3 Å². The fourth-order valence-electron chi connectivity index (χ4n) is 4.01. The number of nitrogens with one attached hydrogen (secondary N) is 2. The monoisotopic (exact) mass is 512 g/mol. The Morgan fingerprint density at radius 2 is 2.03 bits per heavy atom. The number of anilines is 1. The van der Waals surface area contributed by atoms with Crippen LogP contribution in [-0.4, -0.2) is 65.7 Å². The Balaban J connectivity index is 1.45. The lowest BCUT2D eigenvalue weighted by atomic mass is 10.1. The number of carbonyl (C=O) groups is 1. The van der Waals surface area contributed by atoms with Gasteiger partial charge in [-0.3, -0.25) is 9.69 Å². The molecule has 35 heavy (non-hydrogen) atoms. The number of halogens is 1. The van der Waals surface area contributed by atoms with E-state index in [1.807, 2.05) is 32.2 Å². The van der Waals surface area contributed by atoms with Gasteiger partial charge in [0, 0.05) is 66.1 Å². The number of benzene rings is 1. The lowest BCUT2D eigenvalue weighted by Crippen LogP contribution is -2.24. The summed E-state index contributed by atoms with van der Waals surface area (Å²) in [5.74, 6) is 0.715. The van der Waals surface area contributed by atoms with E-state index in [1.165, 1.54) is 11.3 Å². The first-order valence-electron chi connectivity index (χ1n) is 11.4. The number of hydrogen-bond donors (Lipinski definition) is 2. The third-order valence-corrected chi connectivity index (χ3v) is 7.01. The predicted octanol–water partition coefficient (Wildman–Crippen LogP) is 4.31. The van der Waals surface area contributed by atoms with Gasteiger partial charge in [-0.1, -0.05) is 0 Å². The van der Waals surface area contributed by atoms with Gasteiger partial charge in [0.2, 0.25) is 17.0 Å². The van der Waals surface area contributed by atoms with Crippen LogP contribution in [0.2, 0.25) is 5.28 Å². The zero-order valence-electron chi connectivity index (χ0n) is 19.4. The van der Waals surface area contributed by atoms with Gasteiger partial charge in [-0.2, -0.15) is 4.98 Å². The molecule has 0 spiro atoms. The van der Waals surface area contributed by atoms with Crippen molar-refractivity contribution in [2.45, 2.75) is 13.5 Å². The van der Waals surface area contributed by atoms with Gasteiger partial charge in [0.05, 0.1) is 17.8 Å². The third kappa shape index (κ3) is 5.01. The van der Waals surface area contributed by atoms with E-state index < -0.39 is 0 Å². The molecule has 1 aliphatic rings. The fraction of sp³-hybridized carbons (Fsp3) is 0.333. The zero-order chi connectivity index (χ0) is 24.4. The maximum Gasteiger partial charge on any atom is 0.263 e. The molecule has 11 heteroatoms. The Morgan fingerprint density at radius 1 is 1.17 bits per heavy atom. The van der Waals surface area contributed by atoms with Gasteiger partial charge < -0.3 is 20.1 Å². The summed E-state index contributed by atoms with van der Waals surface area (Å²) in [7, 11) is 2.00. The molecule has 5 rings (SSSR count). The molecule has 2 N–H and O–H groups in total. The molecule has 0 saturated carbocycles. The van der Waals surface area contributed by atoms with E-state index in [2.05, 4.69) is 25.5 Å². The molecule has 1 amide bonds. The van der Waals surface area contributed by atoms with Crippen LogP contribution in [0.1, 0.15) is 22.2 Å². The lowest BCUT2D eigenvalue weighted by molar-refractivity contribution is 0.0962. The van der Waals surface area contributed by atoms with Gasteiger partial charge in [0.1, 0.15) is 4.88 Å². The van der Waals surface area contributed by atoms with Crippen LogP contribution in [0.25, 0.3) is 21.0 Å². The van der Waals surface area contributed by atoms with Crippen LogP contribution in [0, 0.1) is 0 Å². The Kier molecular flexibility index (Phi) is 6.96. The second-order valence-corrected chi connectivity index (χ2v) is 9.54. The van der Waals surface area contributed by atoms with Crippen LogP contribution in [0.3, 0.4) is 0 Å². The highest BCUT2D eigenvalue weighted by Crippen LogP contribution is 2.41. The first kappa shape index (κ1) is 23.7. The molecule has 9 nitrogen and oxygen atoms in total. The van der Waals surface area contributed by atoms with Crippen molar-refractivity contribution in [3.63, 3.8) is 0 Å². The Hall–Kier alpha value is -3.05. The number of nitrogens with zero attached hydrogens (tertiary/aromatic N) is 4. The molecule has 4 aromatic rings. The number of pyridine rings is 1. The second-order valence-electron chi connectivity index (χ2n) is 8.15. The number of ether oxygens (including phenoxy) is 2. The maximum atomic E-state index is 12.5. The van der Waals surface area contributed by atoms with Crippen LogP contribution < -0.4 is 15.4 Å². The number of hydrogen-bond acceptors (Lipinski definition) is 9. The number of likely N-dealkylation sites (N-methyl/N-ethyl adjacent to an activating group) is 1. The SMILES string of the molecule is CCOCCN(C)Cc1cnc(Cl)nc1Oc1ccc2c(ccc3sc4c(c32)NCCNC4=O)n1. The molecule has 182 valence electrons. The van der Waals surface area contributed by atoms with Crippen molar-refractivity contribution in [1.82, 2.24) is 25.2 Å². The molecule has 0 fully saturated rings. The average Bonchev–Trinajstić information content (AvgIpc) is 3.13. The highest BCUT2D eigenvalue weighted by molar-refractivity contribution is 7.21. The van der Waals surface area contributed by atoms with E-state index in [0.29, 0.717) is 49.5 Å². The lowest BCUT2D eigenvalue weighted by Gasteiger charge is -2.18. The van der Waals surface area contributed by atoms with Crippen molar-refractivity contribution in [3.8, 4) is 11.8 Å². The number of thiophene rings is 1. The highest BCUT2D eigenvalue weighted by atomic mass is 35.5. The van der Waals surface area contributed by atoms with Gasteiger partial charge in [0.25, 0.3) is 5.91 Å². The molecule has 3 aromatic heterocycles. The fourth-order valence-corrected chi connectivity index (χ4v) is 5.25. The molecular weight excluding hydrogens is 488 g/mol. The van der Waals surface area contributed by atoms with E-state index in [4.69, 9.17) is 26.1 Å². The van der Waals surface area contributed by atoms with Crippen molar-refractivity contribution in [2.75, 3.05) is 45.2 Å². The Labute approximate surface area is 211 Å². The molecule has 0 atom stereocenters. The van der Waals surface area contributed by atoms with Gasteiger partial charge >= 0.3 is 0 Å². The van der Waals surface area contributed by atoms with Crippen LogP contribution in [0.15, 0.2) is 30.5 Å². The smallest absolute Gasteiger partial charge is 0.263 e. The summed E-state index contributed by atoms with van der Waals surface area (Å²) in [6.45, 7) is 5.89. The summed E-state index contributed by atoms with van der Waals surface area (Å²) in [6.07, 6.45) is 1.67. The molecule has 0 unspecified atom stereocenters. The summed E-state index contributed by atoms with van der Waals surface area (Å²) < 4.78 is 12.6. The molecular formula is C24H25ClN6O3S. The first-order chi connectivity index (χ1) is 17.0. The van der Waals surface area contributed by atoms with Crippen molar-refractivity contribution in [3.05, 3.63) is 46.2 Å². The minimum atomic E-state index is -0.0494. The first-order valence-corrected chi connectivity index (χ1v) is 12.6. The summed E-state index contributed by atoms with van der Waals surface area (Å²) >= 11 is 7.55. The number of aromatic nitrogens is 3. The average molecular weight is 513 g/mol. The Bertz CT molecular complexity index is 1390. The molecule has 0 aliphatic carbocycles. The zero-order valence-corrected chi connectivity index (χ0v) is 21.0. The topological polar surface area (TPSA) is 102 Å². The standard InChI is InChI=1S/C24H25ClN6O3S/c1-3-33-11-10-31(2)13-14-12-28-24(25)30-23(14)34-18-7-4-15-16(29-18)5-6-17-19(15)20-21(35-17)22(32)27-9-8-26-20/h4-7,12,26H,3,8-11,13H2,1-2H3,(H,27,32). The third-order valence-electron chi connectivity index (χ3n) is 5.67. The minimum Gasteiger partial charge on any atom is -0.420 e. The second kappa shape index (κ2) is 10.3. The Morgan fingerprint density at radius 3 is 2.89 bits per heavy atom. The molecule has 4 heterocycles. The van der Waals surface area contributed by atoms with Crippen molar-refractivity contribution < 1.29 is 14.3 Å². The predicted molar refractivity (Wildman–Crippen MR) is 138 cm³/mol. The van der Waals surface area contributed by atoms with E-state index in [9.17, 15) is 4.79 Å². The largest absolute Gasteiger partial charge is 0.420 e. The van der Waals surface area contributed by atoms with Crippen LogP contribution >= 0.6 is 22.9 Å². The maximum absolute atomic E-state index is 12.5. The van der Waals surface area contributed by atoms with Crippen LogP contribution in [0.5, 0.6) is 11.8 Å². The minimum absolute atomic E-state index is 0.0494. The van der Waals surface area contributed by atoms with E-state index >= 15 is 0 Å². The quantitative estimate of drug-likeness (QED) is 0.266. The molecule has 1 aliphatic heterocycles. The number of rotatable bonds is 8. The van der Waals surface area contributed by atoms with E-state index in [-0.39, 0.29) is 11.2 Å². The highest BCUT2D eigenvalue weighted by Gasteiger charge is 2.22. The summed E-state index contributed by atoms with van der Waals surface area (Å²) in [4.78, 5) is 28.4. The number of amides is 1. The van der Waals surface area contributed by atoms with Gasteiger partial charge in [0.15, 0.2) is 0 Å². The van der Waals surface area contributed by atoms with Crippen LogP contribution in [0.4, 0.5) is 5.69 Å². The van der Waals surface area contributed by atoms with Gasteiger partial charge in [-0.05, 0) is 43.8 Å². The van der Waals surface area contributed by atoms with Crippen molar-refractivity contribution in [1.29, 1.82) is 0 Å². The normalized spacial score (nSPS) is 13.5. The van der Waals surface area contributed by atoms with Crippen molar-refractivity contribution >= 4 is 55.5 Å². The van der Waals surface area contributed by atoms with E-state index in [0.717, 1.165) is 38.8 Å². The number of fused-ring (bicyclic) bond motifs is 5. The van der Waals surface area contributed by atoms with Gasteiger partial charge in [-0.15, -0.1) is 11.3 Å². The molecule has 1 aromatic carbocycles. The van der Waals surface area contributed by atoms with Gasteiger partial charge in [-0.25, -0.2) is 9.97 Å². The number of carbonyl (C=O) groups excluding carboxylic acids is 1. The summed E-state index contributed by atoms with van der Waals surface area (Å²) in [5.41, 5.74) is 2.42. The van der Waals surface area contributed by atoms with Crippen molar-refractivity contribution in [2.24, 2.45) is 0 Å². The molecule has 0 saturated heterocycles.